The first kappa shape index (κ1) is 21.2. The van der Waals surface area contributed by atoms with Crippen LogP contribution in [0.5, 0.6) is 0 Å². The highest BCUT2D eigenvalue weighted by Crippen LogP contribution is 2.25. The summed E-state index contributed by atoms with van der Waals surface area (Å²) in [5, 5.41) is 3.14. The largest absolute Gasteiger partial charge is 0.354 e. The molecule has 0 aliphatic heterocycles. The summed E-state index contributed by atoms with van der Waals surface area (Å²) in [6, 6.07) is 11.5. The fourth-order valence-electron chi connectivity index (χ4n) is 2.77. The van der Waals surface area contributed by atoms with E-state index in [4.69, 9.17) is 11.6 Å². The number of amides is 1. The number of nitrogens with zero attached hydrogens (tertiary/aromatic N) is 1. The van der Waals surface area contributed by atoms with Gasteiger partial charge in [-0.25, -0.2) is 12.8 Å². The standard InChI is InChI=1S/C19H22ClFN2O3S/c1-3-18(19(24)22-12-11-14-7-9-16(21)10-8-14)23(27(2,25)26)17-6-4-5-15(20)13-17/h4-10,13,18H,3,11-12H2,1-2H3,(H,22,24). The number of halogens is 2. The molecule has 1 unspecified atom stereocenters. The Morgan fingerprint density at radius 2 is 1.89 bits per heavy atom. The molecule has 0 aromatic heterocycles. The number of nitrogens with one attached hydrogen (secondary N) is 1. The van der Waals surface area contributed by atoms with Gasteiger partial charge in [-0.15, -0.1) is 0 Å². The van der Waals surface area contributed by atoms with Crippen LogP contribution in [0.1, 0.15) is 18.9 Å². The van der Waals surface area contributed by atoms with Crippen molar-refractivity contribution < 1.29 is 17.6 Å². The molecule has 8 heteroatoms. The Morgan fingerprint density at radius 3 is 2.44 bits per heavy atom. The van der Waals surface area contributed by atoms with Gasteiger partial charge in [-0.2, -0.15) is 0 Å². The molecule has 2 aromatic rings. The molecule has 0 saturated carbocycles. The van der Waals surface area contributed by atoms with Crippen molar-refractivity contribution in [2.24, 2.45) is 0 Å². The van der Waals surface area contributed by atoms with Crippen LogP contribution in [-0.4, -0.2) is 33.2 Å². The lowest BCUT2D eigenvalue weighted by Crippen LogP contribution is -2.49. The van der Waals surface area contributed by atoms with Gasteiger partial charge in [0.2, 0.25) is 15.9 Å². The van der Waals surface area contributed by atoms with E-state index in [-0.39, 0.29) is 5.82 Å². The lowest BCUT2D eigenvalue weighted by Gasteiger charge is -2.30. The van der Waals surface area contributed by atoms with Crippen LogP contribution in [0.25, 0.3) is 0 Å². The summed E-state index contributed by atoms with van der Waals surface area (Å²) in [6.45, 7) is 2.06. The molecule has 0 spiro atoms. The lowest BCUT2D eigenvalue weighted by atomic mass is 10.1. The minimum absolute atomic E-state index is 0.294. The van der Waals surface area contributed by atoms with Crippen molar-refractivity contribution in [3.63, 3.8) is 0 Å². The zero-order valence-electron chi connectivity index (χ0n) is 15.2. The summed E-state index contributed by atoms with van der Waals surface area (Å²) in [5.41, 5.74) is 1.21. The molecule has 0 fully saturated rings. The Kier molecular flexibility index (Phi) is 7.21. The van der Waals surface area contributed by atoms with E-state index >= 15 is 0 Å². The second-order valence-corrected chi connectivity index (χ2v) is 8.43. The summed E-state index contributed by atoms with van der Waals surface area (Å²) in [4.78, 5) is 12.7. The molecular formula is C19H22ClFN2O3S. The molecule has 0 heterocycles. The monoisotopic (exact) mass is 412 g/mol. The third kappa shape index (κ3) is 5.94. The van der Waals surface area contributed by atoms with E-state index in [0.29, 0.717) is 30.1 Å². The first-order chi connectivity index (χ1) is 12.7. The number of rotatable bonds is 8. The van der Waals surface area contributed by atoms with Gasteiger partial charge in [0, 0.05) is 11.6 Å². The predicted octanol–water partition coefficient (Wildman–Crippen LogP) is 3.38. The van der Waals surface area contributed by atoms with Gasteiger partial charge >= 0.3 is 0 Å². The normalized spacial score (nSPS) is 12.4. The topological polar surface area (TPSA) is 66.5 Å². The third-order valence-corrected chi connectivity index (χ3v) is 5.43. The minimum atomic E-state index is -3.70. The molecule has 1 atom stereocenters. The first-order valence-corrected chi connectivity index (χ1v) is 10.7. The zero-order valence-corrected chi connectivity index (χ0v) is 16.7. The van der Waals surface area contributed by atoms with E-state index in [9.17, 15) is 17.6 Å². The van der Waals surface area contributed by atoms with Gasteiger partial charge in [0.25, 0.3) is 0 Å². The third-order valence-electron chi connectivity index (χ3n) is 4.02. The molecule has 2 rings (SSSR count). The number of hydrogen-bond donors (Lipinski definition) is 1. The summed E-state index contributed by atoms with van der Waals surface area (Å²) in [5.74, 6) is -0.718. The minimum Gasteiger partial charge on any atom is -0.354 e. The molecule has 0 aliphatic carbocycles. The predicted molar refractivity (Wildman–Crippen MR) is 106 cm³/mol. The Bertz CT molecular complexity index is 888. The van der Waals surface area contributed by atoms with Gasteiger partial charge in [-0.1, -0.05) is 36.7 Å². The Balaban J connectivity index is 2.13. The lowest BCUT2D eigenvalue weighted by molar-refractivity contribution is -0.122. The number of hydrogen-bond acceptors (Lipinski definition) is 3. The van der Waals surface area contributed by atoms with Gasteiger partial charge in [0.15, 0.2) is 0 Å². The summed E-state index contributed by atoms with van der Waals surface area (Å²) in [6.07, 6.45) is 1.86. The van der Waals surface area contributed by atoms with E-state index in [2.05, 4.69) is 5.32 Å². The first-order valence-electron chi connectivity index (χ1n) is 8.49. The van der Waals surface area contributed by atoms with E-state index in [1.165, 1.54) is 18.2 Å². The van der Waals surface area contributed by atoms with E-state index < -0.39 is 22.0 Å². The molecule has 0 bridgehead atoms. The maximum Gasteiger partial charge on any atom is 0.243 e. The van der Waals surface area contributed by atoms with Crippen LogP contribution in [-0.2, 0) is 21.2 Å². The molecule has 27 heavy (non-hydrogen) atoms. The van der Waals surface area contributed by atoms with Crippen molar-refractivity contribution in [3.05, 3.63) is 64.9 Å². The molecular weight excluding hydrogens is 391 g/mol. The molecule has 2 aromatic carbocycles. The fourth-order valence-corrected chi connectivity index (χ4v) is 4.16. The maximum atomic E-state index is 12.9. The van der Waals surface area contributed by atoms with Crippen LogP contribution in [0, 0.1) is 5.82 Å². The molecule has 0 aliphatic rings. The van der Waals surface area contributed by atoms with Crippen LogP contribution < -0.4 is 9.62 Å². The number of sulfonamides is 1. The Labute approximate surface area is 164 Å². The second kappa shape index (κ2) is 9.19. The zero-order chi connectivity index (χ0) is 20.0. The van der Waals surface area contributed by atoms with Crippen molar-refractivity contribution in [2.45, 2.75) is 25.8 Å². The Morgan fingerprint density at radius 1 is 1.22 bits per heavy atom. The molecule has 0 saturated heterocycles. The van der Waals surface area contributed by atoms with Gasteiger partial charge in [-0.05, 0) is 48.7 Å². The summed E-state index contributed by atoms with van der Waals surface area (Å²) >= 11 is 5.98. The van der Waals surface area contributed by atoms with E-state index in [1.807, 2.05) is 0 Å². The fraction of sp³-hybridized carbons (Fsp3) is 0.316. The van der Waals surface area contributed by atoms with Crippen LogP contribution in [0.3, 0.4) is 0 Å². The van der Waals surface area contributed by atoms with Crippen LogP contribution in [0.4, 0.5) is 10.1 Å². The Hall–Kier alpha value is -2.12. The average Bonchev–Trinajstić information content (AvgIpc) is 2.60. The number of anilines is 1. The maximum absolute atomic E-state index is 12.9. The quantitative estimate of drug-likeness (QED) is 0.722. The van der Waals surface area contributed by atoms with Crippen molar-refractivity contribution >= 4 is 33.2 Å². The van der Waals surface area contributed by atoms with Crippen LogP contribution in [0.15, 0.2) is 48.5 Å². The molecule has 146 valence electrons. The smallest absolute Gasteiger partial charge is 0.243 e. The highest BCUT2D eigenvalue weighted by Gasteiger charge is 2.31. The van der Waals surface area contributed by atoms with E-state index in [0.717, 1.165) is 16.1 Å². The highest BCUT2D eigenvalue weighted by molar-refractivity contribution is 7.92. The molecule has 5 nitrogen and oxygen atoms in total. The van der Waals surface area contributed by atoms with Gasteiger partial charge in [0.05, 0.1) is 11.9 Å². The van der Waals surface area contributed by atoms with Crippen molar-refractivity contribution in [3.8, 4) is 0 Å². The van der Waals surface area contributed by atoms with E-state index in [1.54, 1.807) is 37.3 Å². The van der Waals surface area contributed by atoms with Crippen molar-refractivity contribution in [1.82, 2.24) is 5.32 Å². The number of carbonyl (C=O) groups is 1. The van der Waals surface area contributed by atoms with Crippen LogP contribution >= 0.6 is 11.6 Å². The van der Waals surface area contributed by atoms with Gasteiger partial charge < -0.3 is 5.32 Å². The van der Waals surface area contributed by atoms with Gasteiger partial charge in [0.1, 0.15) is 11.9 Å². The molecule has 1 amide bonds. The molecule has 1 N–H and O–H groups in total. The molecule has 0 radical (unpaired) electrons. The highest BCUT2D eigenvalue weighted by atomic mass is 35.5. The summed E-state index contributed by atoms with van der Waals surface area (Å²) < 4.78 is 38.7. The summed E-state index contributed by atoms with van der Waals surface area (Å²) in [7, 11) is -3.70. The van der Waals surface area contributed by atoms with Crippen molar-refractivity contribution in [2.75, 3.05) is 17.1 Å². The van der Waals surface area contributed by atoms with Gasteiger partial charge in [-0.3, -0.25) is 9.10 Å². The number of benzene rings is 2. The number of carbonyl (C=O) groups excluding carboxylic acids is 1. The average molecular weight is 413 g/mol. The van der Waals surface area contributed by atoms with Crippen LogP contribution in [0.2, 0.25) is 5.02 Å². The SMILES string of the molecule is CCC(C(=O)NCCc1ccc(F)cc1)N(c1cccc(Cl)c1)S(C)(=O)=O. The van der Waals surface area contributed by atoms with Crippen molar-refractivity contribution in [1.29, 1.82) is 0 Å². The second-order valence-electron chi connectivity index (χ2n) is 6.13.